The highest BCUT2D eigenvalue weighted by molar-refractivity contribution is 9.10. The third kappa shape index (κ3) is 3.53. The van der Waals surface area contributed by atoms with E-state index in [-0.39, 0.29) is 12.2 Å². The largest absolute Gasteiger partial charge is 0.508 e. The molecule has 4 N–H and O–H groups in total. The molecule has 1 aromatic carbocycles. The van der Waals surface area contributed by atoms with Crippen LogP contribution < -0.4 is 5.73 Å². The van der Waals surface area contributed by atoms with E-state index in [1.54, 1.807) is 12.1 Å². The lowest BCUT2D eigenvalue weighted by atomic mass is 10.0. The number of rotatable bonds is 4. The molecule has 0 aliphatic carbocycles. The summed E-state index contributed by atoms with van der Waals surface area (Å²) < 4.78 is 0.759. The van der Waals surface area contributed by atoms with Crippen LogP contribution in [0.4, 0.5) is 0 Å². The average Bonchev–Trinajstić information content (AvgIpc) is 2.14. The van der Waals surface area contributed by atoms with Crippen LogP contribution in [0.15, 0.2) is 22.7 Å². The van der Waals surface area contributed by atoms with Gasteiger partial charge in [0.1, 0.15) is 5.75 Å². The Morgan fingerprint density at radius 1 is 1.53 bits per heavy atom. The zero-order chi connectivity index (χ0) is 11.4. The van der Waals surface area contributed by atoms with Crippen molar-refractivity contribution in [2.75, 3.05) is 0 Å². The number of carboxylic acids is 1. The molecule has 4 nitrogen and oxygen atoms in total. The van der Waals surface area contributed by atoms with Crippen LogP contribution in [0.1, 0.15) is 24.4 Å². The van der Waals surface area contributed by atoms with E-state index in [4.69, 9.17) is 10.8 Å². The highest BCUT2D eigenvalue weighted by Gasteiger charge is 2.12. The minimum absolute atomic E-state index is 0.00330. The van der Waals surface area contributed by atoms with Crippen LogP contribution in [0.25, 0.3) is 0 Å². The van der Waals surface area contributed by atoms with Gasteiger partial charge in [-0.2, -0.15) is 0 Å². The Kier molecular flexibility index (Phi) is 4.11. The van der Waals surface area contributed by atoms with Gasteiger partial charge in [-0.05, 0) is 18.6 Å². The normalized spacial score (nSPS) is 12.4. The molecule has 0 aliphatic heterocycles. The van der Waals surface area contributed by atoms with E-state index in [0.29, 0.717) is 12.0 Å². The summed E-state index contributed by atoms with van der Waals surface area (Å²) >= 11 is 3.21. The Balaban J connectivity index is 2.73. The van der Waals surface area contributed by atoms with Crippen molar-refractivity contribution in [2.45, 2.75) is 18.9 Å². The highest BCUT2D eigenvalue weighted by Crippen LogP contribution is 2.28. The first kappa shape index (κ1) is 12.0. The lowest BCUT2D eigenvalue weighted by Gasteiger charge is -2.12. The Morgan fingerprint density at radius 2 is 2.20 bits per heavy atom. The van der Waals surface area contributed by atoms with Gasteiger partial charge >= 0.3 is 5.97 Å². The van der Waals surface area contributed by atoms with Gasteiger partial charge in [-0.1, -0.05) is 22.0 Å². The lowest BCUT2D eigenvalue weighted by molar-refractivity contribution is -0.137. The average molecular weight is 274 g/mol. The van der Waals surface area contributed by atoms with E-state index >= 15 is 0 Å². The number of hydrogen-bond acceptors (Lipinski definition) is 3. The van der Waals surface area contributed by atoms with Crippen LogP contribution in [0.3, 0.4) is 0 Å². The first-order valence-corrected chi connectivity index (χ1v) is 5.26. The SMILES string of the molecule is NC(CCC(=O)O)c1ccc(Br)cc1O. The first-order chi connectivity index (χ1) is 7.00. The molecule has 0 heterocycles. The van der Waals surface area contributed by atoms with Gasteiger partial charge in [0.2, 0.25) is 0 Å². The fourth-order valence-corrected chi connectivity index (χ4v) is 1.61. The summed E-state index contributed by atoms with van der Waals surface area (Å²) in [4.78, 5) is 10.3. The van der Waals surface area contributed by atoms with Crippen LogP contribution in [0.5, 0.6) is 5.75 Å². The van der Waals surface area contributed by atoms with Gasteiger partial charge < -0.3 is 15.9 Å². The minimum atomic E-state index is -0.887. The highest BCUT2D eigenvalue weighted by atomic mass is 79.9. The molecule has 1 rings (SSSR count). The number of nitrogens with two attached hydrogens (primary N) is 1. The molecule has 5 heteroatoms. The van der Waals surface area contributed by atoms with E-state index in [9.17, 15) is 9.90 Å². The number of benzene rings is 1. The van der Waals surface area contributed by atoms with Crippen molar-refractivity contribution in [3.63, 3.8) is 0 Å². The zero-order valence-electron chi connectivity index (χ0n) is 7.98. The third-order valence-electron chi connectivity index (χ3n) is 2.06. The van der Waals surface area contributed by atoms with Crippen molar-refractivity contribution >= 4 is 21.9 Å². The molecule has 82 valence electrons. The van der Waals surface area contributed by atoms with Gasteiger partial charge in [0.25, 0.3) is 0 Å². The minimum Gasteiger partial charge on any atom is -0.508 e. The van der Waals surface area contributed by atoms with Crippen LogP contribution in [0, 0.1) is 0 Å². The van der Waals surface area contributed by atoms with E-state index in [0.717, 1.165) is 4.47 Å². The van der Waals surface area contributed by atoms with E-state index in [2.05, 4.69) is 15.9 Å². The summed E-state index contributed by atoms with van der Waals surface area (Å²) in [5, 5.41) is 18.1. The number of carbonyl (C=O) groups is 1. The maximum Gasteiger partial charge on any atom is 0.303 e. The van der Waals surface area contributed by atoms with E-state index in [1.165, 1.54) is 6.07 Å². The molecule has 0 saturated heterocycles. The van der Waals surface area contributed by atoms with Crippen LogP contribution >= 0.6 is 15.9 Å². The number of halogens is 1. The second-order valence-corrected chi connectivity index (χ2v) is 4.16. The predicted octanol–water partition coefficient (Wildman–Crippen LogP) is 2.02. The molecular formula is C10H12BrNO3. The molecule has 0 saturated carbocycles. The third-order valence-corrected chi connectivity index (χ3v) is 2.55. The summed E-state index contributed by atoms with van der Waals surface area (Å²) in [7, 11) is 0. The molecule has 15 heavy (non-hydrogen) atoms. The van der Waals surface area contributed by atoms with Crippen LogP contribution in [-0.4, -0.2) is 16.2 Å². The maximum atomic E-state index is 10.3. The van der Waals surface area contributed by atoms with Gasteiger partial charge in [0, 0.05) is 22.5 Å². The molecule has 0 bridgehead atoms. The molecule has 0 aliphatic rings. The van der Waals surface area contributed by atoms with Gasteiger partial charge in [0.05, 0.1) is 0 Å². The second kappa shape index (κ2) is 5.14. The maximum absolute atomic E-state index is 10.3. The van der Waals surface area contributed by atoms with Crippen molar-refractivity contribution in [3.8, 4) is 5.75 Å². The predicted molar refractivity (Wildman–Crippen MR) is 59.6 cm³/mol. The smallest absolute Gasteiger partial charge is 0.303 e. The fourth-order valence-electron chi connectivity index (χ4n) is 1.26. The Labute approximate surface area is 95.8 Å². The summed E-state index contributed by atoms with van der Waals surface area (Å²) in [5.41, 5.74) is 6.32. The quantitative estimate of drug-likeness (QED) is 0.784. The zero-order valence-corrected chi connectivity index (χ0v) is 9.57. The number of phenolic OH excluding ortho intramolecular Hbond substituents is 1. The molecule has 1 aromatic rings. The second-order valence-electron chi connectivity index (χ2n) is 3.24. The molecule has 0 radical (unpaired) electrons. The Bertz CT molecular complexity index is 368. The first-order valence-electron chi connectivity index (χ1n) is 4.46. The van der Waals surface area contributed by atoms with E-state index in [1.807, 2.05) is 0 Å². The number of aliphatic carboxylic acids is 1. The van der Waals surface area contributed by atoms with Gasteiger partial charge in [-0.25, -0.2) is 0 Å². The fraction of sp³-hybridized carbons (Fsp3) is 0.300. The molecule has 1 unspecified atom stereocenters. The molecule has 1 atom stereocenters. The molecular weight excluding hydrogens is 262 g/mol. The molecule has 0 spiro atoms. The van der Waals surface area contributed by atoms with Crippen molar-refractivity contribution in [1.29, 1.82) is 0 Å². The Morgan fingerprint density at radius 3 is 2.73 bits per heavy atom. The van der Waals surface area contributed by atoms with Gasteiger partial charge in [-0.15, -0.1) is 0 Å². The lowest BCUT2D eigenvalue weighted by Crippen LogP contribution is -2.12. The van der Waals surface area contributed by atoms with Crippen LogP contribution in [0.2, 0.25) is 0 Å². The summed E-state index contributed by atoms with van der Waals surface area (Å²) in [6.07, 6.45) is 0.307. The number of carboxylic acid groups (broad SMARTS) is 1. The van der Waals surface area contributed by atoms with Gasteiger partial charge in [0.15, 0.2) is 0 Å². The summed E-state index contributed by atoms with van der Waals surface area (Å²) in [6.45, 7) is 0. The Hall–Kier alpha value is -1.07. The van der Waals surface area contributed by atoms with E-state index < -0.39 is 12.0 Å². The van der Waals surface area contributed by atoms with Crippen molar-refractivity contribution < 1.29 is 15.0 Å². The van der Waals surface area contributed by atoms with Crippen molar-refractivity contribution in [1.82, 2.24) is 0 Å². The standard InChI is InChI=1S/C10H12BrNO3/c11-6-1-2-7(9(13)5-6)8(12)3-4-10(14)15/h1-2,5,8,13H,3-4,12H2,(H,14,15). The number of aromatic hydroxyl groups is 1. The molecule has 0 fully saturated rings. The van der Waals surface area contributed by atoms with Crippen LogP contribution in [-0.2, 0) is 4.79 Å². The summed E-state index contributed by atoms with van der Waals surface area (Å²) in [5.74, 6) is -0.802. The molecule has 0 aromatic heterocycles. The monoisotopic (exact) mass is 273 g/mol. The van der Waals surface area contributed by atoms with Crippen molar-refractivity contribution in [3.05, 3.63) is 28.2 Å². The summed E-state index contributed by atoms with van der Waals surface area (Å²) in [6, 6.07) is 4.53. The van der Waals surface area contributed by atoms with Gasteiger partial charge in [-0.3, -0.25) is 4.79 Å². The number of hydrogen-bond donors (Lipinski definition) is 3. The van der Waals surface area contributed by atoms with Crippen molar-refractivity contribution in [2.24, 2.45) is 5.73 Å². The topological polar surface area (TPSA) is 83.6 Å². The molecule has 0 amide bonds. The number of phenols is 1.